The summed E-state index contributed by atoms with van der Waals surface area (Å²) >= 11 is 0. The third-order valence-electron chi connectivity index (χ3n) is 7.35. The van der Waals surface area contributed by atoms with E-state index in [1.807, 2.05) is 37.3 Å². The molecule has 1 aromatic heterocycles. The zero-order valence-electron chi connectivity index (χ0n) is 19.7. The molecule has 0 spiro atoms. The number of allylic oxidation sites excluding steroid dienone is 1. The fraction of sp³-hybridized carbons (Fsp3) is 0.433. The van der Waals surface area contributed by atoms with Crippen LogP contribution in [0.4, 0.5) is 4.39 Å². The summed E-state index contributed by atoms with van der Waals surface area (Å²) in [4.78, 5) is 12.7. The lowest BCUT2D eigenvalue weighted by Gasteiger charge is -2.18. The standard InChI is InChI=1S/C30H35FO2/c1-21-11-18-29-28(19-21)30(32)26(20-33-29)9-5-3-4-7-23-8-6-10-24(13-12-23)22(2)25-14-16-27(31)17-15-25/h11,14-20,23-24H,2-10,12-13H2,1H3. The van der Waals surface area contributed by atoms with E-state index in [4.69, 9.17) is 4.42 Å². The number of hydrogen-bond donors (Lipinski definition) is 0. The Hall–Kier alpha value is -2.68. The van der Waals surface area contributed by atoms with Crippen LogP contribution in [0.25, 0.3) is 16.5 Å². The first-order valence-electron chi connectivity index (χ1n) is 12.5. The molecule has 3 aromatic rings. The number of unbranched alkanes of at least 4 members (excludes halogenated alkanes) is 2. The van der Waals surface area contributed by atoms with E-state index in [9.17, 15) is 9.18 Å². The van der Waals surface area contributed by atoms with Gasteiger partial charge in [0, 0.05) is 5.56 Å². The molecular weight excluding hydrogens is 411 g/mol. The molecule has 0 N–H and O–H groups in total. The predicted molar refractivity (Wildman–Crippen MR) is 135 cm³/mol. The van der Waals surface area contributed by atoms with Gasteiger partial charge >= 0.3 is 0 Å². The predicted octanol–water partition coefficient (Wildman–Crippen LogP) is 8.25. The molecule has 1 aliphatic rings. The van der Waals surface area contributed by atoms with Gasteiger partial charge < -0.3 is 4.42 Å². The van der Waals surface area contributed by atoms with Gasteiger partial charge in [0.15, 0.2) is 5.43 Å². The highest BCUT2D eigenvalue weighted by atomic mass is 19.1. The molecule has 1 heterocycles. The highest BCUT2D eigenvalue weighted by molar-refractivity contribution is 5.77. The molecule has 2 unspecified atom stereocenters. The Morgan fingerprint density at radius 3 is 2.67 bits per heavy atom. The van der Waals surface area contributed by atoms with Crippen molar-refractivity contribution in [2.75, 3.05) is 0 Å². The largest absolute Gasteiger partial charge is 0.464 e. The van der Waals surface area contributed by atoms with Crippen LogP contribution in [-0.2, 0) is 6.42 Å². The Morgan fingerprint density at radius 2 is 1.85 bits per heavy atom. The van der Waals surface area contributed by atoms with Gasteiger partial charge in [0.25, 0.3) is 0 Å². The van der Waals surface area contributed by atoms with Gasteiger partial charge in [-0.25, -0.2) is 4.39 Å². The van der Waals surface area contributed by atoms with Crippen LogP contribution in [0.5, 0.6) is 0 Å². The smallest absolute Gasteiger partial charge is 0.195 e. The van der Waals surface area contributed by atoms with Gasteiger partial charge in [0.1, 0.15) is 11.4 Å². The Balaban J connectivity index is 1.21. The van der Waals surface area contributed by atoms with Crippen LogP contribution in [0.15, 0.2) is 64.5 Å². The van der Waals surface area contributed by atoms with E-state index in [1.54, 1.807) is 6.26 Å². The molecule has 0 aliphatic heterocycles. The van der Waals surface area contributed by atoms with E-state index in [-0.39, 0.29) is 11.2 Å². The van der Waals surface area contributed by atoms with Crippen molar-refractivity contribution in [3.8, 4) is 0 Å². The minimum absolute atomic E-state index is 0.121. The Morgan fingerprint density at radius 1 is 1.03 bits per heavy atom. The molecular formula is C30H35FO2. The van der Waals surface area contributed by atoms with Gasteiger partial charge in [-0.1, -0.05) is 62.4 Å². The molecule has 0 amide bonds. The molecule has 1 saturated carbocycles. The van der Waals surface area contributed by atoms with E-state index >= 15 is 0 Å². The second kappa shape index (κ2) is 11.0. The van der Waals surface area contributed by atoms with E-state index in [2.05, 4.69) is 6.58 Å². The van der Waals surface area contributed by atoms with Crippen molar-refractivity contribution in [1.82, 2.24) is 0 Å². The fourth-order valence-corrected chi connectivity index (χ4v) is 5.30. The zero-order valence-corrected chi connectivity index (χ0v) is 19.7. The van der Waals surface area contributed by atoms with Crippen molar-refractivity contribution in [3.63, 3.8) is 0 Å². The summed E-state index contributed by atoms with van der Waals surface area (Å²) in [6.07, 6.45) is 13.2. The van der Waals surface area contributed by atoms with Crippen LogP contribution in [0, 0.1) is 24.6 Å². The molecule has 2 atom stereocenters. The summed E-state index contributed by atoms with van der Waals surface area (Å²) in [5, 5.41) is 0.697. The molecule has 2 nitrogen and oxygen atoms in total. The van der Waals surface area contributed by atoms with Gasteiger partial charge in [-0.15, -0.1) is 0 Å². The van der Waals surface area contributed by atoms with Gasteiger partial charge in [0.2, 0.25) is 0 Å². The van der Waals surface area contributed by atoms with E-state index in [1.165, 1.54) is 62.7 Å². The quantitative estimate of drug-likeness (QED) is 0.257. The summed E-state index contributed by atoms with van der Waals surface area (Å²) < 4.78 is 18.9. The van der Waals surface area contributed by atoms with Gasteiger partial charge in [-0.3, -0.25) is 4.79 Å². The van der Waals surface area contributed by atoms with Crippen molar-refractivity contribution < 1.29 is 8.81 Å². The summed E-state index contributed by atoms with van der Waals surface area (Å²) in [6.45, 7) is 6.34. The lowest BCUT2D eigenvalue weighted by Crippen LogP contribution is -2.09. The van der Waals surface area contributed by atoms with Gasteiger partial charge in [-0.05, 0) is 86.3 Å². The summed E-state index contributed by atoms with van der Waals surface area (Å²) in [6, 6.07) is 12.6. The maximum Gasteiger partial charge on any atom is 0.195 e. The molecule has 1 aliphatic carbocycles. The van der Waals surface area contributed by atoms with Crippen LogP contribution in [0.3, 0.4) is 0 Å². The first-order chi connectivity index (χ1) is 16.0. The molecule has 174 valence electrons. The number of halogens is 1. The lowest BCUT2D eigenvalue weighted by molar-refractivity contribution is 0.404. The zero-order chi connectivity index (χ0) is 23.2. The van der Waals surface area contributed by atoms with Crippen molar-refractivity contribution in [1.29, 1.82) is 0 Å². The maximum atomic E-state index is 13.2. The summed E-state index contributed by atoms with van der Waals surface area (Å²) in [5.41, 5.74) is 4.91. The maximum absolute atomic E-state index is 13.2. The highest BCUT2D eigenvalue weighted by Gasteiger charge is 2.21. The van der Waals surface area contributed by atoms with Crippen LogP contribution >= 0.6 is 0 Å². The molecule has 0 radical (unpaired) electrons. The third-order valence-corrected chi connectivity index (χ3v) is 7.35. The molecule has 33 heavy (non-hydrogen) atoms. The van der Waals surface area contributed by atoms with Crippen LogP contribution in [-0.4, -0.2) is 0 Å². The third kappa shape index (κ3) is 6.01. The number of fused-ring (bicyclic) bond motifs is 1. The van der Waals surface area contributed by atoms with Crippen molar-refractivity contribution in [3.05, 3.63) is 88.0 Å². The number of aryl methyl sites for hydroxylation is 2. The van der Waals surface area contributed by atoms with E-state index < -0.39 is 0 Å². The first-order valence-corrected chi connectivity index (χ1v) is 12.5. The van der Waals surface area contributed by atoms with Crippen molar-refractivity contribution >= 4 is 16.5 Å². The Bertz CT molecular complexity index is 1140. The molecule has 1 fully saturated rings. The Labute approximate surface area is 196 Å². The molecule has 0 bridgehead atoms. The normalized spacial score (nSPS) is 18.8. The average Bonchev–Trinajstić information content (AvgIpc) is 3.06. The van der Waals surface area contributed by atoms with Gasteiger partial charge in [-0.2, -0.15) is 0 Å². The average molecular weight is 447 g/mol. The minimum Gasteiger partial charge on any atom is -0.464 e. The molecule has 3 heteroatoms. The number of rotatable bonds is 8. The molecule has 0 saturated heterocycles. The fourth-order valence-electron chi connectivity index (χ4n) is 5.30. The van der Waals surface area contributed by atoms with Crippen LogP contribution in [0.1, 0.15) is 74.5 Å². The van der Waals surface area contributed by atoms with E-state index in [0.717, 1.165) is 41.9 Å². The summed E-state index contributed by atoms with van der Waals surface area (Å²) in [5.74, 6) is 1.10. The van der Waals surface area contributed by atoms with Crippen LogP contribution in [0.2, 0.25) is 0 Å². The minimum atomic E-state index is -0.191. The SMILES string of the molecule is C=C(c1ccc(F)cc1)C1CCCC(CCCCCc2coc3ccc(C)cc3c2=O)CC1. The lowest BCUT2D eigenvalue weighted by atomic mass is 9.87. The second-order valence-corrected chi connectivity index (χ2v) is 9.79. The summed E-state index contributed by atoms with van der Waals surface area (Å²) in [7, 11) is 0. The highest BCUT2D eigenvalue weighted by Crippen LogP contribution is 2.37. The number of benzene rings is 2. The van der Waals surface area contributed by atoms with Crippen molar-refractivity contribution in [2.24, 2.45) is 11.8 Å². The molecule has 2 aromatic carbocycles. The second-order valence-electron chi connectivity index (χ2n) is 9.79. The first kappa shape index (κ1) is 23.5. The monoisotopic (exact) mass is 446 g/mol. The van der Waals surface area contributed by atoms with Crippen LogP contribution < -0.4 is 5.43 Å². The van der Waals surface area contributed by atoms with E-state index in [0.29, 0.717) is 16.9 Å². The molecule has 4 rings (SSSR count). The van der Waals surface area contributed by atoms with Crippen molar-refractivity contribution in [2.45, 2.75) is 71.1 Å². The number of hydrogen-bond acceptors (Lipinski definition) is 2. The van der Waals surface area contributed by atoms with Gasteiger partial charge in [0.05, 0.1) is 11.6 Å². The topological polar surface area (TPSA) is 30.2 Å². The Kier molecular flexibility index (Phi) is 7.80.